The molecule has 1 N–H and O–H groups in total. The van der Waals surface area contributed by atoms with Gasteiger partial charge in [-0.15, -0.1) is 0 Å². The number of rotatable bonds is 6. The van der Waals surface area contributed by atoms with Crippen LogP contribution in [0.5, 0.6) is 5.75 Å². The molecular weight excluding hydrogens is 354 g/mol. The summed E-state index contributed by atoms with van der Waals surface area (Å²) in [6, 6.07) is 15.3. The normalized spacial score (nSPS) is 14.8. The molecule has 0 atom stereocenters. The highest BCUT2D eigenvalue weighted by Crippen LogP contribution is 2.36. The highest BCUT2D eigenvalue weighted by molar-refractivity contribution is 5.97. The fourth-order valence-corrected chi connectivity index (χ4v) is 3.70. The van der Waals surface area contributed by atoms with Gasteiger partial charge < -0.3 is 19.9 Å². The summed E-state index contributed by atoms with van der Waals surface area (Å²) >= 11 is 0. The number of benzene rings is 2. The second kappa shape index (κ2) is 7.92. The van der Waals surface area contributed by atoms with Gasteiger partial charge in [0, 0.05) is 45.5 Å². The number of nitrogens with one attached hydrogen (secondary N) is 1. The average Bonchev–Trinajstić information content (AvgIpc) is 2.69. The topological polar surface area (TPSA) is 61.9 Å². The summed E-state index contributed by atoms with van der Waals surface area (Å²) in [6.07, 6.45) is 0.561. The van der Waals surface area contributed by atoms with Gasteiger partial charge in [-0.25, -0.2) is 0 Å². The van der Waals surface area contributed by atoms with Crippen molar-refractivity contribution in [1.82, 2.24) is 10.2 Å². The lowest BCUT2D eigenvalue weighted by Gasteiger charge is -2.48. The van der Waals surface area contributed by atoms with E-state index in [-0.39, 0.29) is 11.8 Å². The molecule has 0 bridgehead atoms. The fourth-order valence-electron chi connectivity index (χ4n) is 3.70. The van der Waals surface area contributed by atoms with Crippen LogP contribution in [-0.2, 0) is 11.2 Å². The number of amides is 2. The maximum absolute atomic E-state index is 12.9. The Labute approximate surface area is 166 Å². The number of anilines is 1. The average molecular weight is 381 g/mol. The summed E-state index contributed by atoms with van der Waals surface area (Å²) in [5.41, 5.74) is 2.01. The Bertz CT molecular complexity index is 873. The molecule has 1 aliphatic heterocycles. The van der Waals surface area contributed by atoms with E-state index in [1.165, 1.54) is 0 Å². The third kappa shape index (κ3) is 3.81. The first-order chi connectivity index (χ1) is 13.4. The molecule has 0 unspecified atom stereocenters. The van der Waals surface area contributed by atoms with Crippen molar-refractivity contribution < 1.29 is 14.3 Å². The SMILES string of the molecule is CNC(=O)C1(Cc2cccc(OC)c2)CN(C(=O)c2cccc(N(C)C)c2)C1. The molecular formula is C22H27N3O3. The molecule has 6 heteroatoms. The van der Waals surface area contributed by atoms with Crippen molar-refractivity contribution in [1.29, 1.82) is 0 Å². The number of carbonyl (C=O) groups excluding carboxylic acids is 2. The summed E-state index contributed by atoms with van der Waals surface area (Å²) in [5, 5.41) is 2.77. The van der Waals surface area contributed by atoms with Crippen LogP contribution in [0, 0.1) is 5.41 Å². The van der Waals surface area contributed by atoms with Crippen molar-refractivity contribution in [2.75, 3.05) is 46.2 Å². The van der Waals surface area contributed by atoms with Crippen LogP contribution in [-0.4, -0.2) is 58.1 Å². The van der Waals surface area contributed by atoms with Crippen LogP contribution >= 0.6 is 0 Å². The zero-order valence-corrected chi connectivity index (χ0v) is 16.9. The first-order valence-corrected chi connectivity index (χ1v) is 9.30. The Morgan fingerprint density at radius 1 is 1.14 bits per heavy atom. The van der Waals surface area contributed by atoms with Crippen LogP contribution in [0.4, 0.5) is 5.69 Å². The number of hydrogen-bond donors (Lipinski definition) is 1. The minimum atomic E-state index is -0.615. The maximum Gasteiger partial charge on any atom is 0.253 e. The van der Waals surface area contributed by atoms with Crippen LogP contribution in [0.3, 0.4) is 0 Å². The Hall–Kier alpha value is -3.02. The lowest BCUT2D eigenvalue weighted by atomic mass is 9.73. The molecule has 3 rings (SSSR count). The van der Waals surface area contributed by atoms with Gasteiger partial charge in [0.1, 0.15) is 5.75 Å². The molecule has 6 nitrogen and oxygen atoms in total. The molecule has 2 aromatic carbocycles. The molecule has 1 aliphatic rings. The molecule has 1 heterocycles. The molecule has 148 valence electrons. The first kappa shape index (κ1) is 19.7. The predicted molar refractivity (Wildman–Crippen MR) is 110 cm³/mol. The van der Waals surface area contributed by atoms with E-state index in [0.717, 1.165) is 17.0 Å². The van der Waals surface area contributed by atoms with Crippen molar-refractivity contribution in [3.05, 3.63) is 59.7 Å². The van der Waals surface area contributed by atoms with E-state index in [1.54, 1.807) is 19.1 Å². The van der Waals surface area contributed by atoms with Crippen molar-refractivity contribution in [2.45, 2.75) is 6.42 Å². The number of ether oxygens (including phenoxy) is 1. The summed E-state index contributed by atoms with van der Waals surface area (Å²) in [4.78, 5) is 29.2. The van der Waals surface area contributed by atoms with E-state index in [9.17, 15) is 9.59 Å². The van der Waals surface area contributed by atoms with Crippen LogP contribution < -0.4 is 15.0 Å². The molecule has 0 radical (unpaired) electrons. The zero-order valence-electron chi connectivity index (χ0n) is 16.9. The molecule has 0 spiro atoms. The molecule has 28 heavy (non-hydrogen) atoms. The number of carbonyl (C=O) groups is 2. The summed E-state index contributed by atoms with van der Waals surface area (Å²) in [5.74, 6) is 0.674. The van der Waals surface area contributed by atoms with Gasteiger partial charge in [-0.3, -0.25) is 9.59 Å². The predicted octanol–water partition coefficient (Wildman–Crippen LogP) is 2.19. The molecule has 1 saturated heterocycles. The Balaban J connectivity index is 1.77. The second-order valence-corrected chi connectivity index (χ2v) is 7.49. The number of hydrogen-bond acceptors (Lipinski definition) is 4. The number of likely N-dealkylation sites (tertiary alicyclic amines) is 1. The van der Waals surface area contributed by atoms with Crippen LogP contribution in [0.25, 0.3) is 0 Å². The smallest absolute Gasteiger partial charge is 0.253 e. The van der Waals surface area contributed by atoms with Crippen molar-refractivity contribution in [3.63, 3.8) is 0 Å². The maximum atomic E-state index is 12.9. The van der Waals surface area contributed by atoms with Gasteiger partial charge in [0.05, 0.1) is 12.5 Å². The van der Waals surface area contributed by atoms with E-state index in [2.05, 4.69) is 5.32 Å². The minimum absolute atomic E-state index is 0.0404. The third-order valence-corrected chi connectivity index (χ3v) is 5.27. The Morgan fingerprint density at radius 3 is 2.50 bits per heavy atom. The van der Waals surface area contributed by atoms with E-state index < -0.39 is 5.41 Å². The summed E-state index contributed by atoms with van der Waals surface area (Å²) in [7, 11) is 7.15. The third-order valence-electron chi connectivity index (χ3n) is 5.27. The fraction of sp³-hybridized carbons (Fsp3) is 0.364. The van der Waals surface area contributed by atoms with Crippen molar-refractivity contribution in [2.24, 2.45) is 5.41 Å². The Morgan fingerprint density at radius 2 is 1.86 bits per heavy atom. The van der Waals surface area contributed by atoms with Crippen LogP contribution in [0.1, 0.15) is 15.9 Å². The zero-order chi connectivity index (χ0) is 20.3. The van der Waals surface area contributed by atoms with Gasteiger partial charge in [0.15, 0.2) is 0 Å². The van der Waals surface area contributed by atoms with Gasteiger partial charge in [0.25, 0.3) is 5.91 Å². The van der Waals surface area contributed by atoms with E-state index >= 15 is 0 Å². The van der Waals surface area contributed by atoms with Gasteiger partial charge in [-0.2, -0.15) is 0 Å². The Kier molecular flexibility index (Phi) is 5.58. The number of nitrogens with zero attached hydrogens (tertiary/aromatic N) is 2. The van der Waals surface area contributed by atoms with Crippen molar-refractivity contribution in [3.8, 4) is 5.75 Å². The first-order valence-electron chi connectivity index (χ1n) is 9.30. The van der Waals surface area contributed by atoms with Crippen molar-refractivity contribution >= 4 is 17.5 Å². The number of methoxy groups -OCH3 is 1. The monoisotopic (exact) mass is 381 g/mol. The largest absolute Gasteiger partial charge is 0.497 e. The summed E-state index contributed by atoms with van der Waals surface area (Å²) < 4.78 is 5.29. The van der Waals surface area contributed by atoms with Gasteiger partial charge in [0.2, 0.25) is 5.91 Å². The molecule has 1 fully saturated rings. The minimum Gasteiger partial charge on any atom is -0.497 e. The van der Waals surface area contributed by atoms with Gasteiger partial charge in [-0.1, -0.05) is 18.2 Å². The molecule has 0 aliphatic carbocycles. The van der Waals surface area contributed by atoms with Crippen LogP contribution in [0.15, 0.2) is 48.5 Å². The van der Waals surface area contributed by atoms with Gasteiger partial charge >= 0.3 is 0 Å². The molecule has 2 aromatic rings. The second-order valence-electron chi connectivity index (χ2n) is 7.49. The highest BCUT2D eigenvalue weighted by atomic mass is 16.5. The van der Waals surface area contributed by atoms with Crippen LogP contribution in [0.2, 0.25) is 0 Å². The molecule has 0 saturated carbocycles. The quantitative estimate of drug-likeness (QED) is 0.833. The van der Waals surface area contributed by atoms with Gasteiger partial charge in [-0.05, 0) is 42.3 Å². The summed E-state index contributed by atoms with van der Waals surface area (Å²) in [6.45, 7) is 0.795. The lowest BCUT2D eigenvalue weighted by molar-refractivity contribution is -0.138. The van der Waals surface area contributed by atoms with E-state index in [4.69, 9.17) is 4.74 Å². The van der Waals surface area contributed by atoms with E-state index in [0.29, 0.717) is 25.1 Å². The highest BCUT2D eigenvalue weighted by Gasteiger charge is 2.50. The molecule has 2 amide bonds. The molecule has 0 aromatic heterocycles. The standard InChI is InChI=1S/C22H27N3O3/c1-23-21(27)22(13-16-7-5-10-19(11-16)28-4)14-25(15-22)20(26)17-8-6-9-18(12-17)24(2)3/h5-12H,13-15H2,1-4H3,(H,23,27). The lowest BCUT2D eigenvalue weighted by Crippen LogP contribution is -2.65. The van der Waals surface area contributed by atoms with E-state index in [1.807, 2.05) is 67.5 Å².